The molecule has 1 aromatic carbocycles. The van der Waals surface area contributed by atoms with E-state index in [1.54, 1.807) is 27.7 Å². The average Bonchev–Trinajstić information content (AvgIpc) is 2.25. The number of nitrogens with one attached hydrogen (secondary N) is 1. The van der Waals surface area contributed by atoms with Crippen molar-refractivity contribution in [2.45, 2.75) is 44.7 Å². The molecule has 1 rings (SSSR count). The lowest BCUT2D eigenvalue weighted by Gasteiger charge is -2.22. The van der Waals surface area contributed by atoms with Crippen molar-refractivity contribution in [2.75, 3.05) is 0 Å². The third-order valence-electron chi connectivity index (χ3n) is 2.63. The third-order valence-corrected chi connectivity index (χ3v) is 4.31. The molecular formula is C13H17F4NOS. The molecule has 0 radical (unpaired) electrons. The van der Waals surface area contributed by atoms with Crippen LogP contribution < -0.4 is 4.72 Å². The van der Waals surface area contributed by atoms with Crippen LogP contribution in [-0.4, -0.2) is 8.96 Å². The van der Waals surface area contributed by atoms with Gasteiger partial charge in [0, 0.05) is 11.6 Å². The minimum Gasteiger partial charge on any atom is -0.242 e. The predicted octanol–water partition coefficient (Wildman–Crippen LogP) is 3.96. The summed E-state index contributed by atoms with van der Waals surface area (Å²) in [4.78, 5) is 0. The summed E-state index contributed by atoms with van der Waals surface area (Å²) in [6.07, 6.45) is -4.58. The Morgan fingerprint density at radius 1 is 1.20 bits per heavy atom. The zero-order chi connectivity index (χ0) is 15.7. The van der Waals surface area contributed by atoms with Crippen molar-refractivity contribution >= 4 is 11.0 Å². The van der Waals surface area contributed by atoms with Crippen molar-refractivity contribution in [1.29, 1.82) is 0 Å². The quantitative estimate of drug-likeness (QED) is 0.841. The Bertz CT molecular complexity index is 508. The Balaban J connectivity index is 2.96. The fourth-order valence-electron chi connectivity index (χ4n) is 1.46. The monoisotopic (exact) mass is 311 g/mol. The van der Waals surface area contributed by atoms with Crippen LogP contribution in [0, 0.1) is 5.82 Å². The second kappa shape index (κ2) is 5.81. The van der Waals surface area contributed by atoms with Crippen molar-refractivity contribution in [1.82, 2.24) is 4.72 Å². The van der Waals surface area contributed by atoms with Crippen LogP contribution in [0.15, 0.2) is 18.2 Å². The Kier molecular flexibility index (Phi) is 4.97. The van der Waals surface area contributed by atoms with E-state index in [1.165, 1.54) is 0 Å². The van der Waals surface area contributed by atoms with Crippen molar-refractivity contribution in [3.05, 3.63) is 35.1 Å². The van der Waals surface area contributed by atoms with Gasteiger partial charge in [0.2, 0.25) is 0 Å². The molecule has 0 spiro atoms. The molecular weight excluding hydrogens is 294 g/mol. The topological polar surface area (TPSA) is 29.1 Å². The van der Waals surface area contributed by atoms with Gasteiger partial charge >= 0.3 is 6.18 Å². The zero-order valence-corrected chi connectivity index (χ0v) is 12.5. The first-order chi connectivity index (χ1) is 8.93. The van der Waals surface area contributed by atoms with Crippen LogP contribution in [0.3, 0.4) is 0 Å². The summed E-state index contributed by atoms with van der Waals surface area (Å²) in [5, 5.41) is 0. The number of benzene rings is 1. The van der Waals surface area contributed by atoms with E-state index in [0.717, 1.165) is 12.1 Å². The maximum atomic E-state index is 13.7. The van der Waals surface area contributed by atoms with Crippen LogP contribution >= 0.6 is 0 Å². The summed E-state index contributed by atoms with van der Waals surface area (Å²) in [6.45, 7) is 6.78. The molecule has 0 saturated heterocycles. The van der Waals surface area contributed by atoms with E-state index in [4.69, 9.17) is 0 Å². The van der Waals surface area contributed by atoms with Crippen LogP contribution in [-0.2, 0) is 17.2 Å². The van der Waals surface area contributed by atoms with Gasteiger partial charge in [-0.3, -0.25) is 0 Å². The Morgan fingerprint density at radius 3 is 2.15 bits per heavy atom. The molecule has 0 aromatic heterocycles. The van der Waals surface area contributed by atoms with Gasteiger partial charge < -0.3 is 0 Å². The van der Waals surface area contributed by atoms with Crippen molar-refractivity contribution in [2.24, 2.45) is 0 Å². The molecule has 2 atom stereocenters. The van der Waals surface area contributed by atoms with E-state index in [1.807, 2.05) is 0 Å². The Morgan fingerprint density at radius 2 is 1.75 bits per heavy atom. The van der Waals surface area contributed by atoms with Crippen LogP contribution in [0.25, 0.3) is 0 Å². The molecule has 2 nitrogen and oxygen atoms in total. The van der Waals surface area contributed by atoms with Gasteiger partial charge in [0.1, 0.15) is 5.82 Å². The van der Waals surface area contributed by atoms with Gasteiger partial charge in [-0.25, -0.2) is 13.3 Å². The number of alkyl halides is 3. The fraction of sp³-hybridized carbons (Fsp3) is 0.538. The van der Waals surface area contributed by atoms with E-state index in [0.29, 0.717) is 6.07 Å². The van der Waals surface area contributed by atoms with Crippen LogP contribution in [0.1, 0.15) is 44.9 Å². The molecule has 114 valence electrons. The Hall–Kier alpha value is -0.950. The fourth-order valence-corrected chi connectivity index (χ4v) is 2.26. The molecule has 0 fully saturated rings. The van der Waals surface area contributed by atoms with Gasteiger partial charge in [0.15, 0.2) is 0 Å². The molecule has 0 aliphatic rings. The van der Waals surface area contributed by atoms with Gasteiger partial charge in [-0.2, -0.15) is 13.2 Å². The maximum absolute atomic E-state index is 13.7. The highest BCUT2D eigenvalue weighted by molar-refractivity contribution is 7.84. The highest BCUT2D eigenvalue weighted by atomic mass is 32.2. The lowest BCUT2D eigenvalue weighted by molar-refractivity contribution is -0.137. The highest BCUT2D eigenvalue weighted by Gasteiger charge is 2.31. The van der Waals surface area contributed by atoms with Crippen molar-refractivity contribution in [3.63, 3.8) is 0 Å². The molecule has 2 unspecified atom stereocenters. The van der Waals surface area contributed by atoms with Crippen LogP contribution in [0.4, 0.5) is 17.6 Å². The number of hydrogen-bond donors (Lipinski definition) is 1. The normalized spacial score (nSPS) is 16.0. The van der Waals surface area contributed by atoms with Crippen molar-refractivity contribution < 1.29 is 21.8 Å². The molecule has 7 heteroatoms. The number of rotatable bonds is 3. The largest absolute Gasteiger partial charge is 0.416 e. The summed E-state index contributed by atoms with van der Waals surface area (Å²) in [5.41, 5.74) is -0.988. The molecule has 1 N–H and O–H groups in total. The van der Waals surface area contributed by atoms with Gasteiger partial charge in [0.05, 0.1) is 21.3 Å². The summed E-state index contributed by atoms with van der Waals surface area (Å²) < 4.78 is 65.1. The summed E-state index contributed by atoms with van der Waals surface area (Å²) in [5.74, 6) is -0.967. The molecule has 0 aliphatic carbocycles. The highest BCUT2D eigenvalue weighted by Crippen LogP contribution is 2.31. The Labute approximate surface area is 118 Å². The summed E-state index contributed by atoms with van der Waals surface area (Å²) in [7, 11) is -1.44. The first-order valence-corrected chi connectivity index (χ1v) is 7.12. The van der Waals surface area contributed by atoms with Crippen LogP contribution in [0.5, 0.6) is 0 Å². The second-order valence-corrected chi connectivity index (χ2v) is 7.45. The predicted molar refractivity (Wildman–Crippen MR) is 70.8 cm³/mol. The molecule has 20 heavy (non-hydrogen) atoms. The average molecular weight is 311 g/mol. The minimum absolute atomic E-state index is 0.0515. The summed E-state index contributed by atoms with van der Waals surface area (Å²) >= 11 is 0. The smallest absolute Gasteiger partial charge is 0.242 e. The molecule has 0 amide bonds. The van der Waals surface area contributed by atoms with E-state index >= 15 is 0 Å². The lowest BCUT2D eigenvalue weighted by Crippen LogP contribution is -2.35. The molecule has 0 aliphatic heterocycles. The first kappa shape index (κ1) is 17.1. The van der Waals surface area contributed by atoms with Gasteiger partial charge in [-0.05, 0) is 39.8 Å². The maximum Gasteiger partial charge on any atom is 0.416 e. The summed E-state index contributed by atoms with van der Waals surface area (Å²) in [6, 6.07) is 1.68. The van der Waals surface area contributed by atoms with E-state index < -0.39 is 39.3 Å². The molecule has 0 saturated carbocycles. The van der Waals surface area contributed by atoms with E-state index in [9.17, 15) is 21.8 Å². The third kappa shape index (κ3) is 4.28. The van der Waals surface area contributed by atoms with Gasteiger partial charge in [-0.15, -0.1) is 0 Å². The molecule has 0 heterocycles. The lowest BCUT2D eigenvalue weighted by atomic mass is 10.1. The standard InChI is InChI=1S/C13H17F4NOS/c1-8(18-20(19)12(2,3)4)10-6-5-9(7-11(10)14)13(15,16)17/h5-8,18H,1-4H3. The molecule has 0 bridgehead atoms. The van der Waals surface area contributed by atoms with Gasteiger partial charge in [-0.1, -0.05) is 6.07 Å². The van der Waals surface area contributed by atoms with Crippen molar-refractivity contribution in [3.8, 4) is 0 Å². The van der Waals surface area contributed by atoms with Crippen LogP contribution in [0.2, 0.25) is 0 Å². The minimum atomic E-state index is -4.58. The molecule has 1 aromatic rings. The SMILES string of the molecule is CC(NS(=O)C(C)(C)C)c1ccc(C(F)(F)F)cc1F. The second-order valence-electron chi connectivity index (χ2n) is 5.45. The zero-order valence-electron chi connectivity index (χ0n) is 11.6. The first-order valence-electron chi connectivity index (χ1n) is 5.97. The van der Waals surface area contributed by atoms with E-state index in [2.05, 4.69) is 4.72 Å². The number of halogens is 4. The van der Waals surface area contributed by atoms with E-state index in [-0.39, 0.29) is 5.56 Å². The number of hydrogen-bond acceptors (Lipinski definition) is 1. The van der Waals surface area contributed by atoms with Gasteiger partial charge in [0.25, 0.3) is 0 Å².